The average molecular weight is 280 g/mol. The van der Waals surface area contributed by atoms with Crippen LogP contribution in [0, 0.1) is 0 Å². The van der Waals surface area contributed by atoms with Gasteiger partial charge in [-0.25, -0.2) is 4.98 Å². The second kappa shape index (κ2) is 5.26. The van der Waals surface area contributed by atoms with Crippen LogP contribution in [-0.4, -0.2) is 18.1 Å². The van der Waals surface area contributed by atoms with Crippen LogP contribution in [0.1, 0.15) is 10.6 Å². The van der Waals surface area contributed by atoms with Crippen molar-refractivity contribution in [3.8, 4) is 0 Å². The summed E-state index contributed by atoms with van der Waals surface area (Å²) in [6, 6.07) is 8.53. The summed E-state index contributed by atoms with van der Waals surface area (Å²) in [4.78, 5) is 6.70. The molecular formula is C13H14ClN3S. The highest BCUT2D eigenvalue weighted by Crippen LogP contribution is 2.26. The fraction of sp³-hybridized carbons (Fsp3) is 0.308. The number of hydrogen-bond acceptors (Lipinski definition) is 4. The van der Waals surface area contributed by atoms with Crippen LogP contribution in [0.3, 0.4) is 0 Å². The molecule has 0 unspecified atom stereocenters. The van der Waals surface area contributed by atoms with Crippen molar-refractivity contribution in [1.82, 2.24) is 10.3 Å². The van der Waals surface area contributed by atoms with E-state index >= 15 is 0 Å². The molecule has 1 aliphatic heterocycles. The number of rotatable bonds is 2. The molecule has 0 saturated heterocycles. The van der Waals surface area contributed by atoms with Gasteiger partial charge in [-0.3, -0.25) is 0 Å². The van der Waals surface area contributed by atoms with Gasteiger partial charge in [-0.15, -0.1) is 11.3 Å². The fourth-order valence-electron chi connectivity index (χ4n) is 2.21. The van der Waals surface area contributed by atoms with E-state index in [4.69, 9.17) is 11.6 Å². The Balaban J connectivity index is 1.87. The van der Waals surface area contributed by atoms with Gasteiger partial charge in [-0.05, 0) is 11.6 Å². The van der Waals surface area contributed by atoms with E-state index in [0.717, 1.165) is 35.5 Å². The first-order chi connectivity index (χ1) is 8.83. The average Bonchev–Trinajstić information content (AvgIpc) is 2.68. The molecule has 18 heavy (non-hydrogen) atoms. The van der Waals surface area contributed by atoms with Gasteiger partial charge >= 0.3 is 0 Å². The third-order valence-corrected chi connectivity index (χ3v) is 4.16. The molecule has 1 N–H and O–H groups in total. The maximum absolute atomic E-state index is 5.94. The van der Waals surface area contributed by atoms with E-state index < -0.39 is 0 Å². The molecule has 1 aromatic carbocycles. The number of para-hydroxylation sites is 1. The maximum atomic E-state index is 5.94. The summed E-state index contributed by atoms with van der Waals surface area (Å²) in [5.41, 5.74) is 2.64. The van der Waals surface area contributed by atoms with Crippen molar-refractivity contribution in [2.75, 3.05) is 18.0 Å². The summed E-state index contributed by atoms with van der Waals surface area (Å²) in [6.07, 6.45) is 1.73. The number of fused-ring (bicyclic) bond motifs is 1. The van der Waals surface area contributed by atoms with Crippen LogP contribution in [0.5, 0.6) is 0 Å². The predicted molar refractivity (Wildman–Crippen MR) is 76.3 cm³/mol. The lowest BCUT2D eigenvalue weighted by atomic mass is 10.1. The largest absolute Gasteiger partial charge is 0.363 e. The Bertz CT molecular complexity index is 541. The summed E-state index contributed by atoms with van der Waals surface area (Å²) in [7, 11) is 0. The molecule has 0 radical (unpaired) electrons. The number of hydrogen-bond donors (Lipinski definition) is 1. The first-order valence-corrected chi connectivity index (χ1v) is 7.16. The highest BCUT2D eigenvalue weighted by atomic mass is 35.5. The molecule has 0 spiro atoms. The van der Waals surface area contributed by atoms with Crippen LogP contribution >= 0.6 is 22.9 Å². The van der Waals surface area contributed by atoms with Crippen molar-refractivity contribution in [2.24, 2.45) is 0 Å². The normalized spacial score (nSPS) is 15.3. The molecule has 3 rings (SSSR count). The van der Waals surface area contributed by atoms with Gasteiger partial charge in [-0.1, -0.05) is 29.8 Å². The Morgan fingerprint density at radius 1 is 1.39 bits per heavy atom. The lowest BCUT2D eigenvalue weighted by molar-refractivity contribution is 0.687. The van der Waals surface area contributed by atoms with Crippen LogP contribution < -0.4 is 10.2 Å². The third kappa shape index (κ3) is 2.51. The van der Waals surface area contributed by atoms with E-state index in [2.05, 4.69) is 39.5 Å². The molecule has 2 aromatic rings. The van der Waals surface area contributed by atoms with Crippen LogP contribution in [0.4, 0.5) is 5.69 Å². The van der Waals surface area contributed by atoms with Gasteiger partial charge in [0.1, 0.15) is 9.34 Å². The quantitative estimate of drug-likeness (QED) is 0.916. The van der Waals surface area contributed by atoms with Crippen molar-refractivity contribution in [3.05, 3.63) is 45.4 Å². The predicted octanol–water partition coefficient (Wildman–Crippen LogP) is 2.91. The summed E-state index contributed by atoms with van der Waals surface area (Å²) in [5.74, 6) is 0. The Labute approximate surface area is 115 Å². The van der Waals surface area contributed by atoms with Gasteiger partial charge in [-0.2, -0.15) is 0 Å². The van der Waals surface area contributed by atoms with Crippen LogP contribution in [0.2, 0.25) is 4.34 Å². The molecule has 3 nitrogen and oxygen atoms in total. The molecule has 0 bridgehead atoms. The van der Waals surface area contributed by atoms with E-state index in [9.17, 15) is 0 Å². The van der Waals surface area contributed by atoms with Crippen molar-refractivity contribution in [2.45, 2.75) is 13.1 Å². The lowest BCUT2D eigenvalue weighted by Gasteiger charge is -2.23. The zero-order valence-electron chi connectivity index (χ0n) is 9.90. The molecule has 0 fully saturated rings. The lowest BCUT2D eigenvalue weighted by Crippen LogP contribution is -2.28. The number of halogens is 1. The first-order valence-electron chi connectivity index (χ1n) is 5.97. The van der Waals surface area contributed by atoms with Crippen molar-refractivity contribution < 1.29 is 0 Å². The van der Waals surface area contributed by atoms with Crippen LogP contribution in [0.25, 0.3) is 0 Å². The maximum Gasteiger partial charge on any atom is 0.113 e. The van der Waals surface area contributed by atoms with E-state index in [1.165, 1.54) is 11.3 Å². The second-order valence-electron chi connectivity index (χ2n) is 4.29. The Morgan fingerprint density at radius 2 is 2.28 bits per heavy atom. The Morgan fingerprint density at radius 3 is 3.11 bits per heavy atom. The minimum Gasteiger partial charge on any atom is -0.363 e. The highest BCUT2D eigenvalue weighted by Gasteiger charge is 2.15. The third-order valence-electron chi connectivity index (χ3n) is 3.06. The smallest absolute Gasteiger partial charge is 0.113 e. The molecular weight excluding hydrogens is 266 g/mol. The molecule has 5 heteroatoms. The minimum absolute atomic E-state index is 0.756. The molecule has 0 atom stereocenters. The SMILES string of the molecule is Clc1cnc(CN2CCNCc3ccccc32)s1. The molecule has 1 aromatic heterocycles. The second-order valence-corrected chi connectivity index (χ2v) is 6.03. The van der Waals surface area contributed by atoms with Gasteiger partial charge in [0.25, 0.3) is 0 Å². The number of benzene rings is 1. The number of aromatic nitrogens is 1. The van der Waals surface area contributed by atoms with Crippen molar-refractivity contribution in [1.29, 1.82) is 0 Å². The zero-order valence-corrected chi connectivity index (χ0v) is 11.5. The summed E-state index contributed by atoms with van der Waals surface area (Å²) in [6.45, 7) is 3.75. The number of nitrogens with one attached hydrogen (secondary N) is 1. The van der Waals surface area contributed by atoms with E-state index in [-0.39, 0.29) is 0 Å². The van der Waals surface area contributed by atoms with E-state index in [1.54, 1.807) is 17.5 Å². The van der Waals surface area contributed by atoms with Gasteiger partial charge in [0.2, 0.25) is 0 Å². The first kappa shape index (κ1) is 12.0. The van der Waals surface area contributed by atoms with Gasteiger partial charge in [0.15, 0.2) is 0 Å². The zero-order chi connectivity index (χ0) is 12.4. The molecule has 94 valence electrons. The van der Waals surface area contributed by atoms with Crippen molar-refractivity contribution in [3.63, 3.8) is 0 Å². The van der Waals surface area contributed by atoms with E-state index in [1.807, 2.05) is 0 Å². The summed E-state index contributed by atoms with van der Waals surface area (Å²) in [5, 5.41) is 4.51. The molecule has 0 aliphatic carbocycles. The Kier molecular flexibility index (Phi) is 3.50. The van der Waals surface area contributed by atoms with Crippen LogP contribution in [0.15, 0.2) is 30.5 Å². The highest BCUT2D eigenvalue weighted by molar-refractivity contribution is 7.15. The van der Waals surface area contributed by atoms with Crippen molar-refractivity contribution >= 4 is 28.6 Å². The molecule has 0 saturated carbocycles. The topological polar surface area (TPSA) is 28.2 Å². The molecule has 0 amide bonds. The van der Waals surface area contributed by atoms with Gasteiger partial charge < -0.3 is 10.2 Å². The van der Waals surface area contributed by atoms with E-state index in [0.29, 0.717) is 0 Å². The Hall–Kier alpha value is -1.10. The number of thiazole rings is 1. The molecule has 1 aliphatic rings. The van der Waals surface area contributed by atoms with Gasteiger partial charge in [0.05, 0.1) is 12.7 Å². The molecule has 2 heterocycles. The van der Waals surface area contributed by atoms with Crippen LogP contribution in [-0.2, 0) is 13.1 Å². The summed E-state index contributed by atoms with van der Waals surface area (Å²) >= 11 is 7.49. The number of anilines is 1. The minimum atomic E-state index is 0.756. The fourth-order valence-corrected chi connectivity index (χ4v) is 3.19. The van der Waals surface area contributed by atoms with Gasteiger partial charge in [0, 0.05) is 25.3 Å². The standard InChI is InChI=1S/C13H14ClN3S/c14-12-8-16-13(18-12)9-17-6-5-15-7-10-3-1-2-4-11(10)17/h1-4,8,15H,5-7,9H2. The summed E-state index contributed by atoms with van der Waals surface area (Å²) < 4.78 is 0.756. The monoisotopic (exact) mass is 279 g/mol. The number of nitrogens with zero attached hydrogens (tertiary/aromatic N) is 2.